The molecule has 0 fully saturated rings. The Balaban J connectivity index is 0.00000200. The van der Waals surface area contributed by atoms with Gasteiger partial charge in [0.1, 0.15) is 9.79 Å². The van der Waals surface area contributed by atoms with E-state index in [9.17, 15) is 16.8 Å². The molecule has 4 N–H and O–H groups in total. The van der Waals surface area contributed by atoms with Crippen LogP contribution < -0.4 is 5.73 Å². The van der Waals surface area contributed by atoms with Crippen LogP contribution in [-0.2, 0) is 20.2 Å². The molecule has 0 aromatic heterocycles. The normalized spacial score (nSPS) is 12.1. The van der Waals surface area contributed by atoms with Gasteiger partial charge in [-0.1, -0.05) is 12.1 Å². The third-order valence-electron chi connectivity index (χ3n) is 2.50. The molecule has 0 aliphatic heterocycles. The number of benzene rings is 2. The van der Waals surface area contributed by atoms with Crippen LogP contribution in [-0.4, -0.2) is 55.5 Å². The summed E-state index contributed by atoms with van der Waals surface area (Å²) in [6.45, 7) is 0. The number of hydrogen-bond acceptors (Lipinski definition) is 5. The summed E-state index contributed by atoms with van der Waals surface area (Å²) >= 11 is 0. The number of nitrogens with two attached hydrogens (primary N) is 1. The summed E-state index contributed by atoms with van der Waals surface area (Å²) in [5, 5.41) is -0.135. The zero-order chi connectivity index (χ0) is 14.4. The van der Waals surface area contributed by atoms with Crippen LogP contribution in [0.5, 0.6) is 0 Å². The minimum atomic E-state index is -4.57. The van der Waals surface area contributed by atoms with Gasteiger partial charge in [0.2, 0.25) is 0 Å². The van der Waals surface area contributed by atoms with E-state index < -0.39 is 30.0 Å². The van der Waals surface area contributed by atoms with Crippen molar-refractivity contribution in [3.05, 3.63) is 30.3 Å². The molecular weight excluding hydrogens is 317 g/mol. The van der Waals surface area contributed by atoms with Crippen molar-refractivity contribution in [2.75, 3.05) is 5.73 Å². The van der Waals surface area contributed by atoms with E-state index in [4.69, 9.17) is 14.8 Å². The summed E-state index contributed by atoms with van der Waals surface area (Å²) in [6.07, 6.45) is 0. The molecule has 0 amide bonds. The quantitative estimate of drug-likeness (QED) is 0.409. The van der Waals surface area contributed by atoms with E-state index in [-0.39, 0.29) is 46.0 Å². The van der Waals surface area contributed by atoms with Gasteiger partial charge in [0.25, 0.3) is 20.2 Å². The van der Waals surface area contributed by atoms with Gasteiger partial charge in [-0.25, -0.2) is 0 Å². The topological polar surface area (TPSA) is 135 Å². The molecule has 0 radical (unpaired) electrons. The Labute approximate surface area is 137 Å². The summed E-state index contributed by atoms with van der Waals surface area (Å²) in [4.78, 5) is -1.00. The SMILES string of the molecule is Nc1cc(S(=O)(=O)O)c2cccc(S(=O)(=O)O)c2c1.[NaH]. The monoisotopic (exact) mass is 327 g/mol. The number of hydrogen-bond donors (Lipinski definition) is 3. The predicted molar refractivity (Wildman–Crippen MR) is 75.1 cm³/mol. The van der Waals surface area contributed by atoms with Gasteiger partial charge in [0, 0.05) is 16.5 Å². The van der Waals surface area contributed by atoms with E-state index in [1.54, 1.807) is 0 Å². The van der Waals surface area contributed by atoms with Crippen LogP contribution in [0.15, 0.2) is 40.1 Å². The molecule has 0 atom stereocenters. The average molecular weight is 327 g/mol. The fourth-order valence-electron chi connectivity index (χ4n) is 1.78. The van der Waals surface area contributed by atoms with E-state index >= 15 is 0 Å². The molecule has 0 bridgehead atoms. The number of rotatable bonds is 2. The molecule has 2 rings (SSSR count). The number of anilines is 1. The van der Waals surface area contributed by atoms with Crippen LogP contribution in [0.4, 0.5) is 5.69 Å². The molecule has 0 spiro atoms. The molecule has 0 unspecified atom stereocenters. The first-order valence-electron chi connectivity index (χ1n) is 4.88. The Hall–Kier alpha value is -0.680. The van der Waals surface area contributed by atoms with E-state index in [2.05, 4.69) is 0 Å². The zero-order valence-electron chi connectivity index (χ0n) is 9.31. The second-order valence-electron chi connectivity index (χ2n) is 3.82. The predicted octanol–water partition coefficient (Wildman–Crippen LogP) is 0.267. The molecule has 104 valence electrons. The van der Waals surface area contributed by atoms with Crippen molar-refractivity contribution in [3.8, 4) is 0 Å². The first-order valence-corrected chi connectivity index (χ1v) is 7.76. The number of fused-ring (bicyclic) bond motifs is 1. The van der Waals surface area contributed by atoms with Gasteiger partial charge in [-0.2, -0.15) is 16.8 Å². The average Bonchev–Trinajstić information content (AvgIpc) is 2.24. The molecule has 0 saturated heterocycles. The van der Waals surface area contributed by atoms with E-state index in [1.165, 1.54) is 18.2 Å². The summed E-state index contributed by atoms with van der Waals surface area (Å²) in [5.74, 6) is 0. The van der Waals surface area contributed by atoms with Crippen molar-refractivity contribution >= 4 is 66.3 Å². The van der Waals surface area contributed by atoms with E-state index in [0.29, 0.717) is 0 Å². The van der Waals surface area contributed by atoms with Crippen LogP contribution in [0, 0.1) is 0 Å². The van der Waals surface area contributed by atoms with Crippen LogP contribution in [0.2, 0.25) is 0 Å². The summed E-state index contributed by atoms with van der Waals surface area (Å²) < 4.78 is 63.1. The molecule has 0 heterocycles. The van der Waals surface area contributed by atoms with Crippen molar-refractivity contribution in [2.45, 2.75) is 9.79 Å². The Morgan fingerprint density at radius 3 is 1.90 bits per heavy atom. The third-order valence-corrected chi connectivity index (χ3v) is 4.30. The van der Waals surface area contributed by atoms with Gasteiger partial charge in [0.15, 0.2) is 0 Å². The molecule has 2 aromatic rings. The van der Waals surface area contributed by atoms with E-state index in [1.807, 2.05) is 0 Å². The third kappa shape index (κ3) is 3.31. The second-order valence-corrected chi connectivity index (χ2v) is 6.60. The van der Waals surface area contributed by atoms with Crippen molar-refractivity contribution in [1.29, 1.82) is 0 Å². The fraction of sp³-hybridized carbons (Fsp3) is 0. The molecule has 20 heavy (non-hydrogen) atoms. The van der Waals surface area contributed by atoms with Crippen molar-refractivity contribution in [1.82, 2.24) is 0 Å². The molecule has 7 nitrogen and oxygen atoms in total. The van der Waals surface area contributed by atoms with E-state index in [0.717, 1.165) is 12.1 Å². The Morgan fingerprint density at radius 1 is 0.850 bits per heavy atom. The van der Waals surface area contributed by atoms with Gasteiger partial charge in [-0.05, 0) is 18.2 Å². The zero-order valence-corrected chi connectivity index (χ0v) is 10.9. The van der Waals surface area contributed by atoms with Crippen LogP contribution in [0.25, 0.3) is 10.8 Å². The van der Waals surface area contributed by atoms with Gasteiger partial charge in [0.05, 0.1) is 0 Å². The summed E-state index contributed by atoms with van der Waals surface area (Å²) in [6, 6.07) is 5.85. The maximum absolute atomic E-state index is 11.2. The molecule has 0 saturated carbocycles. The molecule has 2 aromatic carbocycles. The van der Waals surface area contributed by atoms with Crippen LogP contribution in [0.1, 0.15) is 0 Å². The minimum absolute atomic E-state index is 0. The van der Waals surface area contributed by atoms with Gasteiger partial charge in [-0.15, -0.1) is 0 Å². The standard InChI is InChI=1S/C10H9NO6S2.Na.H/c11-6-4-8-7(10(5-6)19(15,16)17)2-1-3-9(8)18(12,13)14;;/h1-5H,11H2,(H,12,13,14)(H,15,16,17);;. The molecule has 0 aliphatic carbocycles. The van der Waals surface area contributed by atoms with Crippen molar-refractivity contribution in [3.63, 3.8) is 0 Å². The molecule has 0 aliphatic rings. The van der Waals surface area contributed by atoms with Crippen molar-refractivity contribution in [2.24, 2.45) is 0 Å². The number of nitrogen functional groups attached to an aromatic ring is 1. The second kappa shape index (κ2) is 5.60. The molecular formula is C10H10NNaO6S2. The van der Waals surface area contributed by atoms with Gasteiger partial charge < -0.3 is 5.73 Å². The summed E-state index contributed by atoms with van der Waals surface area (Å²) in [7, 11) is -9.11. The first-order chi connectivity index (χ1) is 8.60. The van der Waals surface area contributed by atoms with Crippen LogP contribution in [0.3, 0.4) is 0 Å². The van der Waals surface area contributed by atoms with Gasteiger partial charge >= 0.3 is 29.6 Å². The van der Waals surface area contributed by atoms with Gasteiger partial charge in [-0.3, -0.25) is 9.11 Å². The molecule has 10 heteroatoms. The summed E-state index contributed by atoms with van der Waals surface area (Å²) in [5.41, 5.74) is 5.42. The Morgan fingerprint density at radius 2 is 1.40 bits per heavy atom. The Kier molecular flexibility index (Phi) is 4.87. The van der Waals surface area contributed by atoms with Crippen LogP contribution >= 0.6 is 0 Å². The van der Waals surface area contributed by atoms with Crippen molar-refractivity contribution < 1.29 is 25.9 Å². The maximum atomic E-state index is 11.2. The fourth-order valence-corrected chi connectivity index (χ4v) is 3.22. The Bertz CT molecular complexity index is 876. The first kappa shape index (κ1) is 17.4.